The number of halogens is 1. The molecule has 0 aromatic carbocycles. The van der Waals surface area contributed by atoms with Crippen molar-refractivity contribution in [3.8, 4) is 0 Å². The third-order valence-corrected chi connectivity index (χ3v) is 6.01. The normalized spacial score (nSPS) is 42.1. The molecule has 0 radical (unpaired) electrons. The number of hydrogen-bond donors (Lipinski definition) is 1. The van der Waals surface area contributed by atoms with E-state index in [1.807, 2.05) is 11.7 Å². The van der Waals surface area contributed by atoms with Gasteiger partial charge in [-0.15, -0.1) is 0 Å². The molecular formula is C14H20ClN3. The summed E-state index contributed by atoms with van der Waals surface area (Å²) in [5.74, 6) is 4.74. The van der Waals surface area contributed by atoms with Gasteiger partial charge >= 0.3 is 0 Å². The number of nitrogens with zero attached hydrogens (tertiary/aromatic N) is 2. The van der Waals surface area contributed by atoms with E-state index < -0.39 is 0 Å². The fourth-order valence-corrected chi connectivity index (χ4v) is 5.40. The number of fused-ring (bicyclic) bond motifs is 5. The highest BCUT2D eigenvalue weighted by molar-refractivity contribution is 6.31. The summed E-state index contributed by atoms with van der Waals surface area (Å²) in [6.45, 7) is 0. The molecule has 1 aromatic rings. The monoisotopic (exact) mass is 265 g/mol. The molecule has 2 bridgehead atoms. The largest absolute Gasteiger partial charge is 0.311 e. The molecule has 5 unspecified atom stereocenters. The Kier molecular flexibility index (Phi) is 2.34. The smallest absolute Gasteiger partial charge is 0.0834 e. The standard InChI is InChI=1S/C14H20ClN3/c1-16-13(14-9(15)6-17-18(14)2)12-10-7-3-4-8(5-7)11(10)12/h6-8,10-13,16H,3-5H2,1-2H3. The maximum Gasteiger partial charge on any atom is 0.0834 e. The molecule has 0 amide bonds. The Labute approximate surface area is 113 Å². The van der Waals surface area contributed by atoms with Crippen LogP contribution in [0.4, 0.5) is 0 Å². The first-order chi connectivity index (χ1) is 8.72. The number of hydrogen-bond acceptors (Lipinski definition) is 2. The first-order valence-corrected chi connectivity index (χ1v) is 7.44. The summed E-state index contributed by atoms with van der Waals surface area (Å²) < 4.78 is 1.94. The van der Waals surface area contributed by atoms with Crippen molar-refractivity contribution in [2.24, 2.45) is 36.6 Å². The van der Waals surface area contributed by atoms with Gasteiger partial charge in [0.05, 0.1) is 23.0 Å². The summed E-state index contributed by atoms with van der Waals surface area (Å²) in [4.78, 5) is 0. The Bertz CT molecular complexity index is 448. The second-order valence-electron chi connectivity index (χ2n) is 6.33. The Morgan fingerprint density at radius 3 is 2.56 bits per heavy atom. The van der Waals surface area contributed by atoms with Crippen LogP contribution in [0.2, 0.25) is 5.02 Å². The topological polar surface area (TPSA) is 29.9 Å². The van der Waals surface area contributed by atoms with Gasteiger partial charge in [-0.25, -0.2) is 0 Å². The van der Waals surface area contributed by atoms with E-state index in [1.54, 1.807) is 6.20 Å². The van der Waals surface area contributed by atoms with Crippen molar-refractivity contribution in [3.63, 3.8) is 0 Å². The first-order valence-electron chi connectivity index (χ1n) is 7.07. The number of aromatic nitrogens is 2. The summed E-state index contributed by atoms with van der Waals surface area (Å²) in [5.41, 5.74) is 1.18. The molecule has 3 aliphatic carbocycles. The minimum absolute atomic E-state index is 0.392. The quantitative estimate of drug-likeness (QED) is 0.911. The van der Waals surface area contributed by atoms with E-state index >= 15 is 0 Å². The van der Waals surface area contributed by atoms with Crippen molar-refractivity contribution in [2.45, 2.75) is 25.3 Å². The van der Waals surface area contributed by atoms with Gasteiger partial charge in [0.25, 0.3) is 0 Å². The van der Waals surface area contributed by atoms with Gasteiger partial charge in [-0.3, -0.25) is 4.68 Å². The lowest BCUT2D eigenvalue weighted by molar-refractivity contribution is 0.372. The minimum Gasteiger partial charge on any atom is -0.311 e. The lowest BCUT2D eigenvalue weighted by Crippen LogP contribution is -2.24. The highest BCUT2D eigenvalue weighted by Gasteiger charge is 2.67. The van der Waals surface area contributed by atoms with E-state index in [9.17, 15) is 0 Å². The molecule has 5 atom stereocenters. The summed E-state index contributed by atoms with van der Waals surface area (Å²) >= 11 is 6.31. The second kappa shape index (κ2) is 3.73. The first kappa shape index (κ1) is 11.3. The molecule has 1 heterocycles. The molecular weight excluding hydrogens is 246 g/mol. The summed E-state index contributed by atoms with van der Waals surface area (Å²) in [5, 5.41) is 8.60. The van der Waals surface area contributed by atoms with Gasteiger partial charge in [0.2, 0.25) is 0 Å². The lowest BCUT2D eigenvalue weighted by atomic mass is 9.95. The molecule has 3 nitrogen and oxygen atoms in total. The van der Waals surface area contributed by atoms with Crippen LogP contribution in [0.25, 0.3) is 0 Å². The molecule has 4 heteroatoms. The molecule has 1 N–H and O–H groups in total. The van der Waals surface area contributed by atoms with Crippen molar-refractivity contribution >= 4 is 11.6 Å². The summed E-state index contributed by atoms with van der Waals surface area (Å²) in [6, 6.07) is 0.392. The van der Waals surface area contributed by atoms with Crippen LogP contribution < -0.4 is 5.32 Å². The molecule has 3 saturated carbocycles. The maximum absolute atomic E-state index is 6.31. The van der Waals surface area contributed by atoms with Crippen LogP contribution in [0, 0.1) is 29.6 Å². The number of nitrogens with one attached hydrogen (secondary N) is 1. The van der Waals surface area contributed by atoms with Gasteiger partial charge in [-0.05, 0) is 55.9 Å². The fraction of sp³-hybridized carbons (Fsp3) is 0.786. The highest BCUT2D eigenvalue weighted by atomic mass is 35.5. The molecule has 3 fully saturated rings. The predicted octanol–water partition coefficient (Wildman–Crippen LogP) is 2.63. The van der Waals surface area contributed by atoms with Crippen LogP contribution in [-0.4, -0.2) is 16.8 Å². The Morgan fingerprint density at radius 2 is 2.06 bits per heavy atom. The van der Waals surface area contributed by atoms with Gasteiger partial charge in [0, 0.05) is 7.05 Å². The van der Waals surface area contributed by atoms with E-state index in [1.165, 1.54) is 25.0 Å². The number of rotatable bonds is 3. The predicted molar refractivity (Wildman–Crippen MR) is 71.3 cm³/mol. The van der Waals surface area contributed by atoms with Gasteiger partial charge in [0.15, 0.2) is 0 Å². The van der Waals surface area contributed by atoms with Gasteiger partial charge < -0.3 is 5.32 Å². The molecule has 1 aromatic heterocycles. The van der Waals surface area contributed by atoms with Crippen molar-refractivity contribution in [3.05, 3.63) is 16.9 Å². The second-order valence-corrected chi connectivity index (χ2v) is 6.74. The van der Waals surface area contributed by atoms with Crippen LogP contribution in [-0.2, 0) is 7.05 Å². The molecule has 0 spiro atoms. The van der Waals surface area contributed by atoms with E-state index in [-0.39, 0.29) is 0 Å². The molecule has 4 rings (SSSR count). The van der Waals surface area contributed by atoms with E-state index in [0.717, 1.165) is 34.6 Å². The Balaban J connectivity index is 1.64. The van der Waals surface area contributed by atoms with E-state index in [4.69, 9.17) is 11.6 Å². The Morgan fingerprint density at radius 1 is 1.39 bits per heavy atom. The van der Waals surface area contributed by atoms with Crippen LogP contribution in [0.3, 0.4) is 0 Å². The van der Waals surface area contributed by atoms with Crippen molar-refractivity contribution < 1.29 is 0 Å². The Hall–Kier alpha value is -0.540. The maximum atomic E-state index is 6.31. The molecule has 0 saturated heterocycles. The SMILES string of the molecule is CNC(c1c(Cl)cnn1C)C1C2C3CCC(C3)C21. The van der Waals surface area contributed by atoms with Crippen molar-refractivity contribution in [1.82, 2.24) is 15.1 Å². The summed E-state index contributed by atoms with van der Waals surface area (Å²) in [7, 11) is 4.06. The van der Waals surface area contributed by atoms with Crippen LogP contribution in [0.1, 0.15) is 31.0 Å². The third-order valence-electron chi connectivity index (χ3n) is 5.72. The third kappa shape index (κ3) is 1.32. The van der Waals surface area contributed by atoms with Crippen molar-refractivity contribution in [2.75, 3.05) is 7.05 Å². The van der Waals surface area contributed by atoms with Crippen molar-refractivity contribution in [1.29, 1.82) is 0 Å². The lowest BCUT2D eigenvalue weighted by Gasteiger charge is -2.20. The van der Waals surface area contributed by atoms with Crippen LogP contribution in [0.5, 0.6) is 0 Å². The summed E-state index contributed by atoms with van der Waals surface area (Å²) in [6.07, 6.45) is 6.21. The zero-order valence-electron chi connectivity index (χ0n) is 10.9. The zero-order valence-corrected chi connectivity index (χ0v) is 11.7. The van der Waals surface area contributed by atoms with Gasteiger partial charge in [0.1, 0.15) is 0 Å². The molecule has 3 aliphatic rings. The van der Waals surface area contributed by atoms with Gasteiger partial charge in [-0.1, -0.05) is 11.6 Å². The average molecular weight is 266 g/mol. The number of aryl methyl sites for hydroxylation is 1. The minimum atomic E-state index is 0.392. The van der Waals surface area contributed by atoms with Gasteiger partial charge in [-0.2, -0.15) is 5.10 Å². The average Bonchev–Trinajstić information content (AvgIpc) is 2.69. The molecule has 0 aliphatic heterocycles. The zero-order chi connectivity index (χ0) is 12.4. The van der Waals surface area contributed by atoms with Crippen LogP contribution in [0.15, 0.2) is 6.20 Å². The van der Waals surface area contributed by atoms with E-state index in [2.05, 4.69) is 17.5 Å². The van der Waals surface area contributed by atoms with Crippen LogP contribution >= 0.6 is 11.6 Å². The highest BCUT2D eigenvalue weighted by Crippen LogP contribution is 2.72. The van der Waals surface area contributed by atoms with E-state index in [0.29, 0.717) is 6.04 Å². The molecule has 98 valence electrons. The fourth-order valence-electron chi connectivity index (χ4n) is 5.12. The molecule has 18 heavy (non-hydrogen) atoms.